The van der Waals surface area contributed by atoms with Gasteiger partial charge in [-0.15, -0.1) is 0 Å². The van der Waals surface area contributed by atoms with E-state index in [1.165, 1.54) is 17.9 Å². The minimum Gasteiger partial charge on any atom is -0.442 e. The monoisotopic (exact) mass is 506 g/mol. The number of thiophene rings is 1. The van der Waals surface area contributed by atoms with Crippen molar-refractivity contribution in [3.8, 4) is 0 Å². The van der Waals surface area contributed by atoms with E-state index in [2.05, 4.69) is 10.5 Å². The minimum atomic E-state index is -0.609. The number of benzene rings is 1. The highest BCUT2D eigenvalue weighted by Crippen LogP contribution is 2.38. The molecule has 2 aliphatic heterocycles. The molecule has 2 amide bonds. The number of piperazine rings is 1. The van der Waals surface area contributed by atoms with Crippen molar-refractivity contribution in [2.75, 3.05) is 54.0 Å². The maximum Gasteiger partial charge on any atom is 0.414 e. The van der Waals surface area contributed by atoms with Gasteiger partial charge in [0.05, 0.1) is 29.4 Å². The van der Waals surface area contributed by atoms with E-state index in [1.807, 2.05) is 9.80 Å². The predicted octanol–water partition coefficient (Wildman–Crippen LogP) is 2.85. The summed E-state index contributed by atoms with van der Waals surface area (Å²) in [7, 11) is 0. The topological polar surface area (TPSA) is 138 Å². The first-order valence-corrected chi connectivity index (χ1v) is 11.7. The van der Waals surface area contributed by atoms with Crippen LogP contribution in [0.3, 0.4) is 0 Å². The van der Waals surface area contributed by atoms with Crippen LogP contribution in [0.2, 0.25) is 0 Å². The molecule has 186 valence electrons. The molecule has 2 aliphatic rings. The van der Waals surface area contributed by atoms with Crippen LogP contribution >= 0.6 is 11.3 Å². The van der Waals surface area contributed by atoms with Crippen LogP contribution in [-0.4, -0.2) is 62.3 Å². The molecule has 14 heteroatoms. The van der Waals surface area contributed by atoms with Crippen LogP contribution in [0.5, 0.6) is 0 Å². The van der Waals surface area contributed by atoms with Crippen molar-refractivity contribution < 1.29 is 23.6 Å². The van der Waals surface area contributed by atoms with E-state index < -0.39 is 22.9 Å². The van der Waals surface area contributed by atoms with Crippen molar-refractivity contribution in [1.82, 2.24) is 5.32 Å². The molecule has 0 bridgehead atoms. The zero-order valence-corrected chi connectivity index (χ0v) is 19.6. The van der Waals surface area contributed by atoms with Crippen molar-refractivity contribution in [2.45, 2.75) is 19.6 Å². The van der Waals surface area contributed by atoms with Crippen molar-refractivity contribution >= 4 is 45.4 Å². The van der Waals surface area contributed by atoms with E-state index in [0.29, 0.717) is 48.1 Å². The molecule has 0 saturated carbocycles. The number of halogens is 1. The molecule has 0 radical (unpaired) electrons. The summed E-state index contributed by atoms with van der Waals surface area (Å²) in [5.74, 6) is -0.739. The van der Waals surface area contributed by atoms with Gasteiger partial charge in [0.15, 0.2) is 0 Å². The van der Waals surface area contributed by atoms with Gasteiger partial charge in [-0.05, 0) is 24.3 Å². The molecule has 0 spiro atoms. The normalized spacial score (nSPS) is 17.9. The first kappa shape index (κ1) is 24.3. The van der Waals surface area contributed by atoms with Gasteiger partial charge in [0.1, 0.15) is 24.2 Å². The first-order chi connectivity index (χ1) is 16.8. The van der Waals surface area contributed by atoms with Crippen LogP contribution < -0.4 is 20.0 Å². The number of rotatable bonds is 8. The second kappa shape index (κ2) is 10.2. The summed E-state index contributed by atoms with van der Waals surface area (Å²) < 4.78 is 20.3. The molecule has 1 aromatic heterocycles. The molecule has 2 fully saturated rings. The van der Waals surface area contributed by atoms with Gasteiger partial charge in [-0.3, -0.25) is 19.8 Å². The Morgan fingerprint density at radius 1 is 1.26 bits per heavy atom. The van der Waals surface area contributed by atoms with Crippen molar-refractivity contribution in [3.05, 3.63) is 50.0 Å². The summed E-state index contributed by atoms with van der Waals surface area (Å²) in [6.07, 6.45) is -1.13. The summed E-state index contributed by atoms with van der Waals surface area (Å²) in [5.41, 5.74) is 1.15. The number of cyclic esters (lactones) is 1. The number of nitro groups is 1. The molecule has 35 heavy (non-hydrogen) atoms. The zero-order valence-electron chi connectivity index (χ0n) is 18.8. The Balaban J connectivity index is 1.41. The maximum atomic E-state index is 15.0. The fourth-order valence-corrected chi connectivity index (χ4v) is 5.03. The lowest BCUT2D eigenvalue weighted by molar-refractivity contribution is -0.379. The summed E-state index contributed by atoms with van der Waals surface area (Å²) >= 11 is 0.933. The largest absolute Gasteiger partial charge is 0.442 e. The van der Waals surface area contributed by atoms with E-state index in [4.69, 9.17) is 4.74 Å². The number of nitroso groups, excluding NO2 is 1. The fourth-order valence-electron chi connectivity index (χ4n) is 4.12. The second-order valence-electron chi connectivity index (χ2n) is 8.11. The summed E-state index contributed by atoms with van der Waals surface area (Å²) in [6.45, 7) is 3.32. The Labute approximate surface area is 203 Å². The van der Waals surface area contributed by atoms with Gasteiger partial charge >= 0.3 is 11.1 Å². The second-order valence-corrected chi connectivity index (χ2v) is 9.23. The van der Waals surface area contributed by atoms with Crippen LogP contribution in [0.25, 0.3) is 0 Å². The van der Waals surface area contributed by atoms with Crippen LogP contribution in [0.15, 0.2) is 29.4 Å². The van der Waals surface area contributed by atoms with Gasteiger partial charge in [0.2, 0.25) is 5.91 Å². The summed E-state index contributed by atoms with van der Waals surface area (Å²) in [4.78, 5) is 50.3. The smallest absolute Gasteiger partial charge is 0.414 e. The zero-order chi connectivity index (χ0) is 25.1. The third-order valence-electron chi connectivity index (χ3n) is 5.79. The molecule has 1 aromatic carbocycles. The van der Waals surface area contributed by atoms with E-state index in [1.54, 1.807) is 18.2 Å². The standard InChI is InChI=1S/C21H23FN6O6S/c1-13(29)23-10-15-12-27(21(30)34-15)14-2-3-18(17(22)8-14)25-4-6-26(7-5-25)19-9-16(11-24-31)35-20(19)28(32)33/h2-3,8-9,15H,4-7,10-12H2,1H3,(H,23,29). The lowest BCUT2D eigenvalue weighted by Gasteiger charge is -2.36. The lowest BCUT2D eigenvalue weighted by Crippen LogP contribution is -2.46. The van der Waals surface area contributed by atoms with E-state index in [-0.39, 0.29) is 30.5 Å². The Bertz CT molecular complexity index is 1150. The number of carbonyl (C=O) groups excluding carboxylic acids is 2. The lowest BCUT2D eigenvalue weighted by atomic mass is 10.2. The van der Waals surface area contributed by atoms with Gasteiger partial charge in [-0.2, -0.15) is 4.91 Å². The number of hydrogen-bond donors (Lipinski definition) is 1. The third kappa shape index (κ3) is 5.31. The molecule has 12 nitrogen and oxygen atoms in total. The molecule has 2 aromatic rings. The number of nitrogens with zero attached hydrogens (tertiary/aromatic N) is 5. The molecule has 4 rings (SSSR count). The van der Waals surface area contributed by atoms with Crippen LogP contribution in [0, 0.1) is 20.8 Å². The van der Waals surface area contributed by atoms with Crippen LogP contribution in [-0.2, 0) is 16.1 Å². The van der Waals surface area contributed by atoms with Gasteiger partial charge in [-0.25, -0.2) is 9.18 Å². The number of anilines is 3. The SMILES string of the molecule is CC(=O)NCC1CN(c2ccc(N3CCN(c4cc(CN=O)sc4[N+](=O)[O-])CC3)c(F)c2)C(=O)O1. The van der Waals surface area contributed by atoms with Gasteiger partial charge in [0, 0.05) is 38.0 Å². The maximum absolute atomic E-state index is 15.0. The number of nitrogens with one attached hydrogen (secondary N) is 1. The van der Waals surface area contributed by atoms with Gasteiger partial charge in [0.25, 0.3) is 0 Å². The summed E-state index contributed by atoms with van der Waals surface area (Å²) in [5, 5.41) is 16.8. The Morgan fingerprint density at radius 2 is 1.94 bits per heavy atom. The van der Waals surface area contributed by atoms with Crippen molar-refractivity contribution in [2.24, 2.45) is 5.18 Å². The quantitative estimate of drug-likeness (QED) is 0.328. The first-order valence-electron chi connectivity index (χ1n) is 10.8. The Hall–Kier alpha value is -3.81. The number of ether oxygens (including phenoxy) is 1. The highest BCUT2D eigenvalue weighted by molar-refractivity contribution is 7.16. The van der Waals surface area contributed by atoms with Gasteiger partial charge in [-0.1, -0.05) is 16.5 Å². The molecule has 2 saturated heterocycles. The Kier molecular flexibility index (Phi) is 7.10. The summed E-state index contributed by atoms with van der Waals surface area (Å²) in [6, 6.07) is 6.11. The number of amides is 2. The minimum absolute atomic E-state index is 0.0399. The Morgan fingerprint density at radius 3 is 2.54 bits per heavy atom. The average Bonchev–Trinajstić information content (AvgIpc) is 3.42. The molecule has 1 unspecified atom stereocenters. The molecule has 1 atom stereocenters. The fraction of sp³-hybridized carbons (Fsp3) is 0.429. The third-order valence-corrected chi connectivity index (χ3v) is 6.85. The molecule has 1 N–H and O–H groups in total. The highest BCUT2D eigenvalue weighted by atomic mass is 32.1. The van der Waals surface area contributed by atoms with Crippen molar-refractivity contribution in [1.29, 1.82) is 0 Å². The predicted molar refractivity (Wildman–Crippen MR) is 128 cm³/mol. The molecular weight excluding hydrogens is 483 g/mol. The van der Waals surface area contributed by atoms with E-state index in [9.17, 15) is 24.6 Å². The number of carbonyl (C=O) groups is 2. The van der Waals surface area contributed by atoms with Crippen LogP contribution in [0.4, 0.5) is 31.2 Å². The molecular formula is C21H23FN6O6S. The van der Waals surface area contributed by atoms with E-state index in [0.717, 1.165) is 11.3 Å². The van der Waals surface area contributed by atoms with Crippen LogP contribution in [0.1, 0.15) is 11.8 Å². The molecule has 0 aliphatic carbocycles. The molecule has 3 heterocycles. The van der Waals surface area contributed by atoms with E-state index >= 15 is 4.39 Å². The van der Waals surface area contributed by atoms with Crippen molar-refractivity contribution in [3.63, 3.8) is 0 Å². The van der Waals surface area contributed by atoms with Gasteiger partial charge < -0.3 is 19.9 Å². The average molecular weight is 507 g/mol. The number of hydrogen-bond acceptors (Lipinski definition) is 10. The highest BCUT2D eigenvalue weighted by Gasteiger charge is 2.33.